The quantitative estimate of drug-likeness (QED) is 0.884. The molecule has 7 heteroatoms. The number of nitrogens with one attached hydrogen (secondary N) is 1. The minimum absolute atomic E-state index is 0.145. The van der Waals surface area contributed by atoms with Crippen LogP contribution in [-0.4, -0.2) is 30.9 Å². The molecule has 0 bridgehead atoms. The normalized spacial score (nSPS) is 17.2. The van der Waals surface area contributed by atoms with Gasteiger partial charge in [0.15, 0.2) is 0 Å². The summed E-state index contributed by atoms with van der Waals surface area (Å²) < 4.78 is 27.6. The van der Waals surface area contributed by atoms with Gasteiger partial charge >= 0.3 is 10.2 Å². The summed E-state index contributed by atoms with van der Waals surface area (Å²) in [6.07, 6.45) is 1.76. The van der Waals surface area contributed by atoms with Gasteiger partial charge in [-0.2, -0.15) is 12.7 Å². The van der Waals surface area contributed by atoms with Gasteiger partial charge in [0, 0.05) is 19.2 Å². The molecule has 1 aromatic carbocycles. The molecule has 0 spiro atoms. The number of phenolic OH excluding ortho intramolecular Hbond substituents is 1. The average Bonchev–Trinajstić information content (AvgIpc) is 2.77. The largest absolute Gasteiger partial charge is 0.506 e. The van der Waals surface area contributed by atoms with Gasteiger partial charge in [-0.3, -0.25) is 4.72 Å². The van der Waals surface area contributed by atoms with Crippen molar-refractivity contribution in [3.8, 4) is 5.75 Å². The zero-order valence-corrected chi connectivity index (χ0v) is 10.6. The molecule has 1 aliphatic rings. The van der Waals surface area contributed by atoms with Crippen LogP contribution in [0.4, 0.5) is 5.69 Å². The summed E-state index contributed by atoms with van der Waals surface area (Å²) in [6, 6.07) is 4.24. The number of rotatable bonds is 3. The van der Waals surface area contributed by atoms with Crippen molar-refractivity contribution in [2.24, 2.45) is 0 Å². The zero-order chi connectivity index (χ0) is 12.5. The molecule has 0 aromatic heterocycles. The van der Waals surface area contributed by atoms with E-state index in [9.17, 15) is 13.5 Å². The van der Waals surface area contributed by atoms with Crippen molar-refractivity contribution in [1.29, 1.82) is 0 Å². The molecule has 2 N–H and O–H groups in total. The predicted molar refractivity (Wildman–Crippen MR) is 66.5 cm³/mol. The molecule has 0 amide bonds. The Morgan fingerprint density at radius 1 is 1.29 bits per heavy atom. The van der Waals surface area contributed by atoms with Crippen molar-refractivity contribution in [2.45, 2.75) is 12.8 Å². The molecule has 0 unspecified atom stereocenters. The van der Waals surface area contributed by atoms with Crippen molar-refractivity contribution in [3.63, 3.8) is 0 Å². The van der Waals surface area contributed by atoms with Crippen molar-refractivity contribution < 1.29 is 13.5 Å². The van der Waals surface area contributed by atoms with Crippen LogP contribution in [0.1, 0.15) is 12.8 Å². The van der Waals surface area contributed by atoms with Gasteiger partial charge in [0.2, 0.25) is 0 Å². The summed E-state index contributed by atoms with van der Waals surface area (Å²) in [7, 11) is -3.51. The second-order valence-electron chi connectivity index (χ2n) is 3.88. The standard InChI is InChI=1S/C10H13ClN2O3S/c11-9-4-3-8(7-10(9)14)12-17(15,16)13-5-1-2-6-13/h3-4,7,12,14H,1-2,5-6H2. The highest BCUT2D eigenvalue weighted by Crippen LogP contribution is 2.27. The monoisotopic (exact) mass is 276 g/mol. The number of hydrogen-bond donors (Lipinski definition) is 2. The predicted octanol–water partition coefficient (Wildman–Crippen LogP) is 1.80. The fourth-order valence-corrected chi connectivity index (χ4v) is 3.13. The molecule has 2 rings (SSSR count). The summed E-state index contributed by atoms with van der Waals surface area (Å²) in [4.78, 5) is 0. The van der Waals surface area contributed by atoms with Gasteiger partial charge in [-0.25, -0.2) is 0 Å². The SMILES string of the molecule is O=S(=O)(Nc1ccc(Cl)c(O)c1)N1CCCC1. The van der Waals surface area contributed by atoms with Crippen LogP contribution < -0.4 is 4.72 Å². The van der Waals surface area contributed by atoms with E-state index < -0.39 is 10.2 Å². The van der Waals surface area contributed by atoms with Gasteiger partial charge in [-0.1, -0.05) is 11.6 Å². The van der Waals surface area contributed by atoms with Crippen LogP contribution in [0.15, 0.2) is 18.2 Å². The third-order valence-electron chi connectivity index (χ3n) is 2.60. The lowest BCUT2D eigenvalue weighted by Crippen LogP contribution is -2.33. The van der Waals surface area contributed by atoms with E-state index in [4.69, 9.17) is 11.6 Å². The Hall–Kier alpha value is -0.980. The number of anilines is 1. The maximum Gasteiger partial charge on any atom is 0.301 e. The number of halogens is 1. The molecule has 17 heavy (non-hydrogen) atoms. The van der Waals surface area contributed by atoms with Crippen LogP contribution in [0.2, 0.25) is 5.02 Å². The van der Waals surface area contributed by atoms with E-state index in [0.717, 1.165) is 12.8 Å². The summed E-state index contributed by atoms with van der Waals surface area (Å²) in [6.45, 7) is 1.07. The molecular weight excluding hydrogens is 264 g/mol. The molecule has 5 nitrogen and oxygen atoms in total. The van der Waals surface area contributed by atoms with Crippen molar-refractivity contribution in [1.82, 2.24) is 4.31 Å². The lowest BCUT2D eigenvalue weighted by molar-refractivity contribution is 0.475. The fourth-order valence-electron chi connectivity index (χ4n) is 1.72. The van der Waals surface area contributed by atoms with Crippen molar-refractivity contribution in [2.75, 3.05) is 17.8 Å². The molecule has 94 valence electrons. The first kappa shape index (κ1) is 12.5. The van der Waals surface area contributed by atoms with Crippen LogP contribution in [0, 0.1) is 0 Å². The summed E-state index contributed by atoms with van der Waals surface area (Å²) >= 11 is 5.64. The number of nitrogens with zero attached hydrogens (tertiary/aromatic N) is 1. The Kier molecular flexibility index (Phi) is 3.46. The molecule has 0 aliphatic carbocycles. The Bertz CT molecular complexity index is 512. The molecule has 0 atom stereocenters. The van der Waals surface area contributed by atoms with Crippen LogP contribution in [0.25, 0.3) is 0 Å². The van der Waals surface area contributed by atoms with Crippen LogP contribution >= 0.6 is 11.6 Å². The highest BCUT2D eigenvalue weighted by molar-refractivity contribution is 7.90. The maximum atomic E-state index is 11.9. The van der Waals surface area contributed by atoms with Crippen LogP contribution in [0.3, 0.4) is 0 Å². The summed E-state index contributed by atoms with van der Waals surface area (Å²) in [5.74, 6) is -0.145. The smallest absolute Gasteiger partial charge is 0.301 e. The van der Waals surface area contributed by atoms with Crippen LogP contribution in [0.5, 0.6) is 5.75 Å². The third kappa shape index (κ3) is 2.83. The molecule has 0 radical (unpaired) electrons. The van der Waals surface area contributed by atoms with E-state index in [0.29, 0.717) is 18.8 Å². The Morgan fingerprint density at radius 3 is 2.53 bits per heavy atom. The highest BCUT2D eigenvalue weighted by atomic mass is 35.5. The van der Waals surface area contributed by atoms with E-state index in [1.807, 2.05) is 0 Å². The number of benzene rings is 1. The molecule has 1 aliphatic heterocycles. The van der Waals surface area contributed by atoms with Gasteiger partial charge in [0.05, 0.1) is 10.7 Å². The third-order valence-corrected chi connectivity index (χ3v) is 4.46. The average molecular weight is 277 g/mol. The van der Waals surface area contributed by atoms with Gasteiger partial charge in [0.25, 0.3) is 0 Å². The number of aromatic hydroxyl groups is 1. The minimum atomic E-state index is -3.51. The second-order valence-corrected chi connectivity index (χ2v) is 5.96. The molecule has 1 saturated heterocycles. The highest BCUT2D eigenvalue weighted by Gasteiger charge is 2.25. The molecule has 1 aromatic rings. The maximum absolute atomic E-state index is 11.9. The van der Waals surface area contributed by atoms with Gasteiger partial charge in [-0.15, -0.1) is 0 Å². The van der Waals surface area contributed by atoms with E-state index in [-0.39, 0.29) is 10.8 Å². The number of phenols is 1. The van der Waals surface area contributed by atoms with Crippen molar-refractivity contribution in [3.05, 3.63) is 23.2 Å². The first-order valence-electron chi connectivity index (χ1n) is 5.25. The number of hydrogen-bond acceptors (Lipinski definition) is 3. The van der Waals surface area contributed by atoms with E-state index in [1.165, 1.54) is 22.5 Å². The Labute approximate surface area is 105 Å². The summed E-state index contributed by atoms with van der Waals surface area (Å²) in [5.41, 5.74) is 0.304. The first-order valence-corrected chi connectivity index (χ1v) is 7.07. The lowest BCUT2D eigenvalue weighted by atomic mass is 10.3. The van der Waals surface area contributed by atoms with Crippen LogP contribution in [-0.2, 0) is 10.2 Å². The summed E-state index contributed by atoms with van der Waals surface area (Å²) in [5, 5.41) is 9.57. The molecule has 0 saturated carbocycles. The lowest BCUT2D eigenvalue weighted by Gasteiger charge is -2.16. The topological polar surface area (TPSA) is 69.6 Å². The van der Waals surface area contributed by atoms with E-state index in [1.54, 1.807) is 0 Å². The fraction of sp³-hybridized carbons (Fsp3) is 0.400. The molecule has 1 heterocycles. The Morgan fingerprint density at radius 2 is 1.94 bits per heavy atom. The second kappa shape index (κ2) is 4.72. The van der Waals surface area contributed by atoms with Gasteiger partial charge in [-0.05, 0) is 25.0 Å². The first-order chi connectivity index (χ1) is 7.99. The Balaban J connectivity index is 2.17. The zero-order valence-electron chi connectivity index (χ0n) is 9.06. The molecule has 1 fully saturated rings. The van der Waals surface area contributed by atoms with Gasteiger partial charge < -0.3 is 5.11 Å². The van der Waals surface area contributed by atoms with E-state index in [2.05, 4.69) is 4.72 Å². The van der Waals surface area contributed by atoms with Gasteiger partial charge in [0.1, 0.15) is 5.75 Å². The molecular formula is C10H13ClN2O3S. The minimum Gasteiger partial charge on any atom is -0.506 e. The van der Waals surface area contributed by atoms with E-state index >= 15 is 0 Å². The van der Waals surface area contributed by atoms with Crippen molar-refractivity contribution >= 4 is 27.5 Å².